The Hall–Kier alpha value is -4.87. The number of carbonyl (C=O) groups excluding carboxylic acids is 2. The number of ether oxygens (including phenoxy) is 3. The Bertz CT molecular complexity index is 1730. The molecule has 1 atom stereocenters. The summed E-state index contributed by atoms with van der Waals surface area (Å²) in [7, 11) is -1.31. The van der Waals surface area contributed by atoms with E-state index in [1.54, 1.807) is 48.5 Å². The summed E-state index contributed by atoms with van der Waals surface area (Å²) in [4.78, 5) is 28.6. The van der Waals surface area contributed by atoms with Crippen LogP contribution in [0.25, 0.3) is 0 Å². The Labute approximate surface area is 263 Å². The van der Waals surface area contributed by atoms with Crippen molar-refractivity contribution in [1.82, 2.24) is 9.62 Å². The smallest absolute Gasteiger partial charge is 0.262 e. The van der Waals surface area contributed by atoms with E-state index in [9.17, 15) is 18.0 Å². The summed E-state index contributed by atoms with van der Waals surface area (Å²) in [5.41, 5.74) is 2.24. The minimum absolute atomic E-state index is 0.0538. The summed E-state index contributed by atoms with van der Waals surface area (Å²) < 4.78 is 45.8. The number of hydrogen-bond donors (Lipinski definition) is 1. The minimum atomic E-state index is -4.20. The number of sulfonamides is 1. The van der Waals surface area contributed by atoms with Crippen LogP contribution in [-0.2, 0) is 32.6 Å². The van der Waals surface area contributed by atoms with Crippen LogP contribution >= 0.6 is 0 Å². The lowest BCUT2D eigenvalue weighted by Crippen LogP contribution is -2.53. The quantitative estimate of drug-likeness (QED) is 0.252. The van der Waals surface area contributed by atoms with Gasteiger partial charge in [-0.05, 0) is 41.8 Å². The average molecular weight is 630 g/mol. The maximum absolute atomic E-state index is 14.0. The van der Waals surface area contributed by atoms with E-state index in [4.69, 9.17) is 14.2 Å². The van der Waals surface area contributed by atoms with Crippen molar-refractivity contribution < 1.29 is 32.2 Å². The summed E-state index contributed by atoms with van der Waals surface area (Å²) in [6.45, 7) is -0.226. The summed E-state index contributed by atoms with van der Waals surface area (Å²) in [6.07, 6.45) is -0.342. The zero-order chi connectivity index (χ0) is 31.8. The first kappa shape index (κ1) is 31.6. The predicted octanol–water partition coefficient (Wildman–Crippen LogP) is 4.05. The maximum atomic E-state index is 14.0. The first-order valence-corrected chi connectivity index (χ1v) is 15.9. The van der Waals surface area contributed by atoms with Gasteiger partial charge in [-0.1, -0.05) is 72.8 Å². The average Bonchev–Trinajstić information content (AvgIpc) is 3.07. The number of benzene rings is 4. The lowest BCUT2D eigenvalue weighted by molar-refractivity contribution is -0.128. The fraction of sp³-hybridized carbons (Fsp3) is 0.235. The van der Waals surface area contributed by atoms with Crippen molar-refractivity contribution in [3.05, 3.63) is 114 Å². The monoisotopic (exact) mass is 629 g/mol. The Morgan fingerprint density at radius 1 is 0.867 bits per heavy atom. The van der Waals surface area contributed by atoms with Crippen LogP contribution in [0.2, 0.25) is 0 Å². The Kier molecular flexibility index (Phi) is 10.0. The van der Waals surface area contributed by atoms with E-state index in [1.165, 1.54) is 37.3 Å². The molecule has 4 aromatic carbocycles. The molecule has 1 N–H and O–H groups in total. The van der Waals surface area contributed by atoms with Gasteiger partial charge in [-0.25, -0.2) is 8.42 Å². The van der Waals surface area contributed by atoms with Gasteiger partial charge in [0.2, 0.25) is 15.9 Å². The molecule has 2 amide bonds. The van der Waals surface area contributed by atoms with Gasteiger partial charge < -0.3 is 24.4 Å². The molecular formula is C34H35N3O7S. The number of anilines is 1. The van der Waals surface area contributed by atoms with Crippen LogP contribution in [0.15, 0.2) is 108 Å². The highest BCUT2D eigenvalue weighted by Crippen LogP contribution is 2.34. The van der Waals surface area contributed by atoms with Crippen molar-refractivity contribution >= 4 is 27.5 Å². The molecule has 0 radical (unpaired) electrons. The molecule has 11 heteroatoms. The van der Waals surface area contributed by atoms with Gasteiger partial charge in [0.15, 0.2) is 17.6 Å². The minimum Gasteiger partial charge on any atom is -0.493 e. The largest absolute Gasteiger partial charge is 0.493 e. The third-order valence-electron chi connectivity index (χ3n) is 7.43. The lowest BCUT2D eigenvalue weighted by atomic mass is 10.1. The van der Waals surface area contributed by atoms with Crippen LogP contribution in [0.1, 0.15) is 11.1 Å². The van der Waals surface area contributed by atoms with Crippen molar-refractivity contribution in [3.63, 3.8) is 0 Å². The number of fused-ring (bicyclic) bond motifs is 1. The number of nitrogens with zero attached hydrogens (tertiary/aromatic N) is 2. The van der Waals surface area contributed by atoms with E-state index in [2.05, 4.69) is 5.32 Å². The number of nitrogens with one attached hydrogen (secondary N) is 1. The highest BCUT2D eigenvalue weighted by atomic mass is 32.2. The molecule has 5 rings (SSSR count). The molecule has 4 aromatic rings. The molecule has 0 saturated carbocycles. The Morgan fingerprint density at radius 2 is 1.51 bits per heavy atom. The standard InChI is InChI=1S/C34H35N3O7S/c1-42-30-18-17-27(21-31(30)43-2)45(40,41)36(22-26-13-7-4-8-14-26)24-33(38)37-23-32(44-29-16-10-9-15-28(29)37)34(39)35-20-19-25-11-5-3-6-12-25/h3-18,21,32H,19-20,22-24H2,1-2H3,(H,35,39)/t32-/m1/s1. The van der Waals surface area contributed by atoms with Gasteiger partial charge in [0.25, 0.3) is 5.91 Å². The third-order valence-corrected chi connectivity index (χ3v) is 9.22. The topological polar surface area (TPSA) is 114 Å². The molecule has 0 aliphatic carbocycles. The lowest BCUT2D eigenvalue weighted by Gasteiger charge is -2.35. The number of para-hydroxylation sites is 2. The fourth-order valence-corrected chi connectivity index (χ4v) is 6.46. The number of hydrogen-bond acceptors (Lipinski definition) is 7. The third kappa shape index (κ3) is 7.44. The Morgan fingerprint density at radius 3 is 2.20 bits per heavy atom. The van der Waals surface area contributed by atoms with Gasteiger partial charge in [0.05, 0.1) is 37.9 Å². The Balaban J connectivity index is 1.39. The number of methoxy groups -OCH3 is 2. The second-order valence-corrected chi connectivity index (χ2v) is 12.3. The molecule has 0 fully saturated rings. The van der Waals surface area contributed by atoms with Crippen molar-refractivity contribution in [2.24, 2.45) is 0 Å². The van der Waals surface area contributed by atoms with Gasteiger partial charge in [0.1, 0.15) is 5.75 Å². The molecule has 0 spiro atoms. The highest BCUT2D eigenvalue weighted by molar-refractivity contribution is 7.89. The fourth-order valence-electron chi connectivity index (χ4n) is 5.07. The highest BCUT2D eigenvalue weighted by Gasteiger charge is 2.36. The number of rotatable bonds is 12. The first-order chi connectivity index (χ1) is 21.8. The van der Waals surface area contributed by atoms with Crippen molar-refractivity contribution in [3.8, 4) is 17.2 Å². The van der Waals surface area contributed by atoms with Crippen molar-refractivity contribution in [2.75, 3.05) is 38.8 Å². The maximum Gasteiger partial charge on any atom is 0.262 e. The molecule has 0 saturated heterocycles. The first-order valence-electron chi connectivity index (χ1n) is 14.4. The second-order valence-electron chi connectivity index (χ2n) is 10.4. The summed E-state index contributed by atoms with van der Waals surface area (Å²) in [6, 6.07) is 30.0. The summed E-state index contributed by atoms with van der Waals surface area (Å²) in [5, 5.41) is 2.90. The van der Waals surface area contributed by atoms with E-state index in [1.807, 2.05) is 36.4 Å². The molecular weight excluding hydrogens is 594 g/mol. The van der Waals surface area contributed by atoms with Gasteiger partial charge >= 0.3 is 0 Å². The molecule has 45 heavy (non-hydrogen) atoms. The van der Waals surface area contributed by atoms with Gasteiger partial charge in [-0.2, -0.15) is 4.31 Å². The normalized spacial score (nSPS) is 14.3. The number of carbonyl (C=O) groups is 2. The van der Waals surface area contributed by atoms with Gasteiger partial charge in [-0.3, -0.25) is 9.59 Å². The van der Waals surface area contributed by atoms with Crippen molar-refractivity contribution in [2.45, 2.75) is 24.0 Å². The summed E-state index contributed by atoms with van der Waals surface area (Å²) in [5.74, 6) is 0.107. The van der Waals surface area contributed by atoms with Crippen LogP contribution < -0.4 is 24.4 Å². The van der Waals surface area contributed by atoms with Gasteiger partial charge in [-0.15, -0.1) is 0 Å². The molecule has 1 aliphatic heterocycles. The number of amides is 2. The van der Waals surface area contributed by atoms with Crippen molar-refractivity contribution in [1.29, 1.82) is 0 Å². The van der Waals surface area contributed by atoms with Crippen LogP contribution in [0.5, 0.6) is 17.2 Å². The van der Waals surface area contributed by atoms with Crippen LogP contribution in [0.4, 0.5) is 5.69 Å². The van der Waals surface area contributed by atoms with Crippen LogP contribution in [0, 0.1) is 0 Å². The zero-order valence-corrected chi connectivity index (χ0v) is 25.9. The summed E-state index contributed by atoms with van der Waals surface area (Å²) >= 11 is 0. The van der Waals surface area contributed by atoms with E-state index in [-0.39, 0.29) is 29.6 Å². The second kappa shape index (κ2) is 14.3. The SMILES string of the molecule is COc1ccc(S(=O)(=O)N(CC(=O)N2C[C@H](C(=O)NCCc3ccccc3)Oc3ccccc32)Cc2ccccc2)cc1OC. The van der Waals surface area contributed by atoms with E-state index in [0.29, 0.717) is 35.7 Å². The van der Waals surface area contributed by atoms with E-state index in [0.717, 1.165) is 9.87 Å². The molecule has 10 nitrogen and oxygen atoms in total. The molecule has 0 aromatic heterocycles. The van der Waals surface area contributed by atoms with Crippen LogP contribution in [-0.4, -0.2) is 64.5 Å². The molecule has 1 heterocycles. The van der Waals surface area contributed by atoms with E-state index < -0.39 is 28.6 Å². The predicted molar refractivity (Wildman–Crippen MR) is 170 cm³/mol. The van der Waals surface area contributed by atoms with Gasteiger partial charge in [0, 0.05) is 19.2 Å². The van der Waals surface area contributed by atoms with Crippen LogP contribution in [0.3, 0.4) is 0 Å². The molecule has 1 aliphatic rings. The van der Waals surface area contributed by atoms with E-state index >= 15 is 0 Å². The molecule has 0 unspecified atom stereocenters. The molecule has 234 valence electrons. The zero-order valence-electron chi connectivity index (χ0n) is 25.1. The molecule has 0 bridgehead atoms.